The molecule has 114 valence electrons. The third-order valence-electron chi connectivity index (χ3n) is 4.23. The summed E-state index contributed by atoms with van der Waals surface area (Å²) in [6.07, 6.45) is -3.75. The molecule has 0 aliphatic heterocycles. The molecule has 1 aliphatic rings. The average molecular weight is 281 g/mol. The van der Waals surface area contributed by atoms with Gasteiger partial charge in [0, 0.05) is 6.04 Å². The molecule has 1 rings (SSSR count). The smallest absolute Gasteiger partial charge is 0.364 e. The second-order valence-electron chi connectivity index (χ2n) is 6.63. The zero-order chi connectivity index (χ0) is 14.8. The van der Waals surface area contributed by atoms with Crippen molar-refractivity contribution < 1.29 is 17.9 Å². The first-order valence-corrected chi connectivity index (χ1v) is 6.95. The number of likely N-dealkylation sites (N-methyl/N-ethyl adjacent to an activating group) is 1. The molecule has 4 unspecified atom stereocenters. The number of nitrogens with one attached hydrogen (secondary N) is 1. The Morgan fingerprint density at radius 3 is 2.16 bits per heavy atom. The normalized spacial score (nSPS) is 31.3. The molecular formula is C14H26F3NO. The molecule has 19 heavy (non-hydrogen) atoms. The Morgan fingerprint density at radius 1 is 1.16 bits per heavy atom. The molecule has 0 heterocycles. The van der Waals surface area contributed by atoms with Crippen LogP contribution in [0.4, 0.5) is 13.2 Å². The van der Waals surface area contributed by atoms with Gasteiger partial charge in [-0.25, -0.2) is 0 Å². The van der Waals surface area contributed by atoms with E-state index in [2.05, 4.69) is 26.1 Å². The number of rotatable bonds is 3. The average Bonchev–Trinajstić information content (AvgIpc) is 2.26. The molecule has 0 amide bonds. The summed E-state index contributed by atoms with van der Waals surface area (Å²) >= 11 is 0. The third-order valence-corrected chi connectivity index (χ3v) is 4.23. The van der Waals surface area contributed by atoms with Gasteiger partial charge in [0.1, 0.15) is 0 Å². The molecule has 0 aromatic heterocycles. The zero-order valence-corrected chi connectivity index (χ0v) is 12.5. The van der Waals surface area contributed by atoms with Crippen LogP contribution in [0.25, 0.3) is 0 Å². The van der Waals surface area contributed by atoms with Crippen LogP contribution in [0, 0.1) is 11.3 Å². The van der Waals surface area contributed by atoms with Gasteiger partial charge in [0.2, 0.25) is 0 Å². The number of hydrogen-bond acceptors (Lipinski definition) is 2. The van der Waals surface area contributed by atoms with Crippen molar-refractivity contribution in [2.75, 3.05) is 7.05 Å². The van der Waals surface area contributed by atoms with Crippen LogP contribution in [0.3, 0.4) is 0 Å². The maximum atomic E-state index is 12.6. The van der Waals surface area contributed by atoms with Crippen LogP contribution in [0.15, 0.2) is 0 Å². The molecule has 4 atom stereocenters. The summed E-state index contributed by atoms with van der Waals surface area (Å²) in [4.78, 5) is 0. The fraction of sp³-hybridized carbons (Fsp3) is 1.00. The SMILES string of the molecule is CNC1CCC(C(C)(C)C)CC1OC(C)C(F)(F)F. The van der Waals surface area contributed by atoms with E-state index in [1.807, 2.05) is 0 Å². The summed E-state index contributed by atoms with van der Waals surface area (Å²) in [5.41, 5.74) is 0.113. The molecule has 1 aliphatic carbocycles. The molecule has 0 aromatic rings. The summed E-state index contributed by atoms with van der Waals surface area (Å²) in [6.45, 7) is 7.51. The lowest BCUT2D eigenvalue weighted by molar-refractivity contribution is -0.234. The topological polar surface area (TPSA) is 21.3 Å². The first kappa shape index (κ1) is 16.8. The van der Waals surface area contributed by atoms with Crippen molar-refractivity contribution in [2.45, 2.75) is 71.4 Å². The predicted molar refractivity (Wildman–Crippen MR) is 70.0 cm³/mol. The van der Waals surface area contributed by atoms with Gasteiger partial charge in [-0.1, -0.05) is 20.8 Å². The second kappa shape index (κ2) is 6.00. The van der Waals surface area contributed by atoms with Crippen LogP contribution in [0.2, 0.25) is 0 Å². The quantitative estimate of drug-likeness (QED) is 0.850. The summed E-state index contributed by atoms with van der Waals surface area (Å²) < 4.78 is 43.2. The predicted octanol–water partition coefficient (Wildman–Crippen LogP) is 3.76. The number of alkyl halides is 3. The van der Waals surface area contributed by atoms with E-state index in [-0.39, 0.29) is 17.6 Å². The van der Waals surface area contributed by atoms with Crippen molar-refractivity contribution in [3.8, 4) is 0 Å². The molecule has 0 saturated heterocycles. The number of ether oxygens (including phenoxy) is 1. The third kappa shape index (κ3) is 4.63. The van der Waals surface area contributed by atoms with E-state index in [4.69, 9.17) is 4.74 Å². The van der Waals surface area contributed by atoms with E-state index >= 15 is 0 Å². The van der Waals surface area contributed by atoms with E-state index in [0.717, 1.165) is 19.8 Å². The van der Waals surface area contributed by atoms with Gasteiger partial charge >= 0.3 is 6.18 Å². The molecule has 2 nitrogen and oxygen atoms in total. The highest BCUT2D eigenvalue weighted by molar-refractivity contribution is 4.90. The molecule has 0 spiro atoms. The van der Waals surface area contributed by atoms with Crippen LogP contribution >= 0.6 is 0 Å². The van der Waals surface area contributed by atoms with Crippen LogP contribution in [-0.2, 0) is 4.74 Å². The van der Waals surface area contributed by atoms with Crippen molar-refractivity contribution in [1.29, 1.82) is 0 Å². The van der Waals surface area contributed by atoms with Gasteiger partial charge in [0.25, 0.3) is 0 Å². The van der Waals surface area contributed by atoms with Gasteiger partial charge in [-0.2, -0.15) is 13.2 Å². The molecule has 1 fully saturated rings. The Labute approximate surface area is 114 Å². The largest absolute Gasteiger partial charge is 0.414 e. The monoisotopic (exact) mass is 281 g/mol. The highest BCUT2D eigenvalue weighted by Gasteiger charge is 2.42. The Kier molecular flexibility index (Phi) is 5.29. The van der Waals surface area contributed by atoms with Crippen molar-refractivity contribution in [1.82, 2.24) is 5.32 Å². The zero-order valence-electron chi connectivity index (χ0n) is 12.5. The molecule has 1 N–H and O–H groups in total. The molecule has 0 radical (unpaired) electrons. The van der Waals surface area contributed by atoms with E-state index in [1.165, 1.54) is 0 Å². The number of hydrogen-bond donors (Lipinski definition) is 1. The number of halogens is 3. The van der Waals surface area contributed by atoms with Crippen molar-refractivity contribution >= 4 is 0 Å². The molecule has 5 heteroatoms. The summed E-state index contributed by atoms with van der Waals surface area (Å²) in [5, 5.41) is 3.09. The Morgan fingerprint density at radius 2 is 1.74 bits per heavy atom. The Balaban J connectivity index is 2.70. The minimum Gasteiger partial charge on any atom is -0.364 e. The summed E-state index contributed by atoms with van der Waals surface area (Å²) in [6, 6.07) is 0.0170. The second-order valence-corrected chi connectivity index (χ2v) is 6.63. The minimum atomic E-state index is -4.28. The molecule has 0 aromatic carbocycles. The summed E-state index contributed by atoms with van der Waals surface area (Å²) in [5.74, 6) is 0.405. The summed E-state index contributed by atoms with van der Waals surface area (Å²) in [7, 11) is 1.79. The Bertz CT molecular complexity index is 283. The maximum Gasteiger partial charge on any atom is 0.414 e. The lowest BCUT2D eigenvalue weighted by Gasteiger charge is -2.42. The van der Waals surface area contributed by atoms with Crippen molar-refractivity contribution in [3.63, 3.8) is 0 Å². The van der Waals surface area contributed by atoms with Crippen LogP contribution in [-0.4, -0.2) is 31.5 Å². The van der Waals surface area contributed by atoms with E-state index < -0.39 is 12.3 Å². The van der Waals surface area contributed by atoms with E-state index in [0.29, 0.717) is 12.3 Å². The standard InChI is InChI=1S/C14H26F3NO/c1-9(14(15,16)17)19-12-8-10(13(2,3)4)6-7-11(12)18-5/h9-12,18H,6-8H2,1-5H3. The van der Waals surface area contributed by atoms with Gasteiger partial charge in [-0.05, 0) is 44.6 Å². The van der Waals surface area contributed by atoms with Crippen LogP contribution < -0.4 is 5.32 Å². The van der Waals surface area contributed by atoms with Crippen LogP contribution in [0.1, 0.15) is 47.0 Å². The minimum absolute atomic E-state index is 0.0170. The van der Waals surface area contributed by atoms with E-state index in [1.54, 1.807) is 7.05 Å². The van der Waals surface area contributed by atoms with Crippen molar-refractivity contribution in [2.24, 2.45) is 11.3 Å². The highest BCUT2D eigenvalue weighted by atomic mass is 19.4. The van der Waals surface area contributed by atoms with Gasteiger partial charge in [0.05, 0.1) is 6.10 Å². The van der Waals surface area contributed by atoms with Crippen molar-refractivity contribution in [3.05, 3.63) is 0 Å². The van der Waals surface area contributed by atoms with Crippen LogP contribution in [0.5, 0.6) is 0 Å². The fourth-order valence-electron chi connectivity index (χ4n) is 2.74. The molecule has 0 bridgehead atoms. The first-order valence-electron chi connectivity index (χ1n) is 6.95. The van der Waals surface area contributed by atoms with Gasteiger partial charge in [-0.3, -0.25) is 0 Å². The first-order chi connectivity index (χ1) is 8.55. The van der Waals surface area contributed by atoms with Gasteiger partial charge in [0.15, 0.2) is 6.10 Å². The lowest BCUT2D eigenvalue weighted by Crippen LogP contribution is -2.48. The van der Waals surface area contributed by atoms with E-state index in [9.17, 15) is 13.2 Å². The van der Waals surface area contributed by atoms with Gasteiger partial charge in [-0.15, -0.1) is 0 Å². The maximum absolute atomic E-state index is 12.6. The Hall–Kier alpha value is -0.290. The van der Waals surface area contributed by atoms with Gasteiger partial charge < -0.3 is 10.1 Å². The molecule has 1 saturated carbocycles. The molecular weight excluding hydrogens is 255 g/mol. The lowest BCUT2D eigenvalue weighted by atomic mass is 9.70. The highest BCUT2D eigenvalue weighted by Crippen LogP contribution is 2.39. The fourth-order valence-corrected chi connectivity index (χ4v) is 2.74.